The van der Waals surface area contributed by atoms with Crippen molar-refractivity contribution in [2.75, 3.05) is 5.75 Å². The molecule has 3 N–H and O–H groups in total. The van der Waals surface area contributed by atoms with E-state index < -0.39 is 10.0 Å². The predicted molar refractivity (Wildman–Crippen MR) is 439 cm³/mol. The first-order valence-corrected chi connectivity index (χ1v) is 41.2. The maximum absolute atomic E-state index is 12.1. The Labute approximate surface area is 664 Å². The molecule has 4 saturated carbocycles. The number of carbonyl (C=O) groups excluding carboxylic acids is 3. The first-order valence-electron chi connectivity index (χ1n) is 39.6. The van der Waals surface area contributed by atoms with Gasteiger partial charge in [0, 0.05) is 111 Å². The Morgan fingerprint density at radius 2 is 0.752 bits per heavy atom. The van der Waals surface area contributed by atoms with E-state index in [1.807, 2.05) is 164 Å². The fraction of sp³-hybridized carbons (Fsp3) is 0.372. The van der Waals surface area contributed by atoms with Crippen LogP contribution in [0.5, 0.6) is 0 Å². The summed E-state index contributed by atoms with van der Waals surface area (Å²) in [5.74, 6) is 6.25. The summed E-state index contributed by atoms with van der Waals surface area (Å²) in [7, 11) is -3.16. The van der Waals surface area contributed by atoms with Gasteiger partial charge in [-0.1, -0.05) is 177 Å². The molecular weight excluding hydrogens is 1430 g/mol. The molecular formula is C94H97N11O7S. The van der Waals surface area contributed by atoms with Crippen molar-refractivity contribution in [3.63, 3.8) is 0 Å². The molecule has 0 radical (unpaired) electrons. The van der Waals surface area contributed by atoms with Crippen LogP contribution in [0.2, 0.25) is 0 Å². The van der Waals surface area contributed by atoms with Gasteiger partial charge in [-0.05, 0) is 164 Å². The second-order valence-electron chi connectivity index (χ2n) is 32.3. The maximum Gasteiger partial charge on any atom is 0.407 e. The van der Waals surface area contributed by atoms with Crippen LogP contribution in [0.25, 0.3) is 68.8 Å². The molecule has 4 aromatic carbocycles. The number of nitrogens with one attached hydrogen (secondary N) is 3. The SMILES string of the molecule is C[C@H]1[C@H](/C=C/c2ccc(-c3ccccc3C#N)cn2)[C@H]2NC(=O)C[C@H]2C[C@@H]1C.C[C@H]1[C@H](/C=C/c2ccc(-c3ccccc3C#N)cn2)[C@H]2NC(=O)O[C@H]2C[C@@H]1C.C[C@H]1[C@H](/C=C/c2ccc(-c3ccccc3C#N)cn2)[C@H]2NS(=O)(=O)C[C@H]2C[C@@H]1C.C[C@H]1[C@H](/C=C/c2ccc(-c3ccccc3C#N)cn2)[C@H]2OC(=O)C[C@H]2C[C@@H]1C. The van der Waals surface area contributed by atoms with Gasteiger partial charge in [-0.3, -0.25) is 29.5 Å². The molecule has 2 amide bonds. The number of pyridine rings is 4. The van der Waals surface area contributed by atoms with Gasteiger partial charge < -0.3 is 20.1 Å². The number of benzene rings is 4. The molecule has 18 nitrogen and oxygen atoms in total. The number of hydrogen-bond acceptors (Lipinski definition) is 15. The van der Waals surface area contributed by atoms with Crippen LogP contribution in [0.4, 0.5) is 4.79 Å². The minimum absolute atomic E-state index is 0.00303. The highest BCUT2D eigenvalue weighted by Crippen LogP contribution is 2.48. The number of nitrogens with zero attached hydrogens (tertiary/aromatic N) is 8. The van der Waals surface area contributed by atoms with Crippen LogP contribution in [0.1, 0.15) is 139 Å². The summed E-state index contributed by atoms with van der Waals surface area (Å²) in [6.07, 6.45) is 28.9. The lowest BCUT2D eigenvalue weighted by atomic mass is 9.66. The van der Waals surface area contributed by atoms with Crippen LogP contribution in [-0.4, -0.2) is 82.4 Å². The van der Waals surface area contributed by atoms with Crippen molar-refractivity contribution in [3.05, 3.63) is 240 Å². The minimum Gasteiger partial charge on any atom is -0.461 e. The summed E-state index contributed by atoms with van der Waals surface area (Å²) in [5, 5.41) is 43.3. The van der Waals surface area contributed by atoms with Crippen molar-refractivity contribution in [1.82, 2.24) is 35.3 Å². The van der Waals surface area contributed by atoms with E-state index in [-0.39, 0.29) is 77.7 Å². The van der Waals surface area contributed by atoms with Crippen molar-refractivity contribution < 1.29 is 32.3 Å². The Bertz CT molecular complexity index is 4820. The molecule has 4 aliphatic carbocycles. The summed E-state index contributed by atoms with van der Waals surface area (Å²) < 4.78 is 38.1. The second kappa shape index (κ2) is 35.5. The van der Waals surface area contributed by atoms with Gasteiger partial charge in [0.1, 0.15) is 12.2 Å². The molecule has 8 aromatic rings. The number of rotatable bonds is 12. The average molecular weight is 1520 g/mol. The Kier molecular flexibility index (Phi) is 25.0. The van der Waals surface area contributed by atoms with Crippen molar-refractivity contribution in [2.24, 2.45) is 88.8 Å². The molecule has 4 aliphatic heterocycles. The summed E-state index contributed by atoms with van der Waals surface area (Å²) in [6.45, 7) is 18.0. The number of aromatic nitrogens is 4. The fourth-order valence-electron chi connectivity index (χ4n) is 18.4. The average Bonchev–Trinajstić information content (AvgIpc) is 1.61. The van der Waals surface area contributed by atoms with Gasteiger partial charge in [0.25, 0.3) is 0 Å². The molecule has 113 heavy (non-hydrogen) atoms. The molecule has 8 aliphatic rings. The van der Waals surface area contributed by atoms with E-state index in [1.54, 1.807) is 24.7 Å². The number of esters is 1. The van der Waals surface area contributed by atoms with Crippen LogP contribution >= 0.6 is 0 Å². The van der Waals surface area contributed by atoms with Crippen molar-refractivity contribution in [2.45, 2.75) is 124 Å². The summed E-state index contributed by atoms with van der Waals surface area (Å²) in [6, 6.07) is 55.1. The molecule has 576 valence electrons. The Morgan fingerprint density at radius 1 is 0.398 bits per heavy atom. The predicted octanol–water partition coefficient (Wildman–Crippen LogP) is 17.5. The summed E-state index contributed by atoms with van der Waals surface area (Å²) >= 11 is 0. The van der Waals surface area contributed by atoms with Crippen molar-refractivity contribution >= 4 is 52.3 Å². The van der Waals surface area contributed by atoms with Crippen LogP contribution in [0.15, 0.2) is 195 Å². The topological polar surface area (TPSA) is 287 Å². The van der Waals surface area contributed by atoms with E-state index in [0.29, 0.717) is 100 Å². The first-order chi connectivity index (χ1) is 54.6. The van der Waals surface area contributed by atoms with Gasteiger partial charge in [0.05, 0.1) is 87.5 Å². The monoisotopic (exact) mass is 1520 g/mol. The smallest absolute Gasteiger partial charge is 0.407 e. The van der Waals surface area contributed by atoms with Crippen LogP contribution in [0.3, 0.4) is 0 Å². The summed E-state index contributed by atoms with van der Waals surface area (Å²) in [5.41, 5.74) is 13.2. The quantitative estimate of drug-likeness (QED) is 0.0958. The number of fused-ring (bicyclic) bond motifs is 4. The van der Waals surface area contributed by atoms with Gasteiger partial charge in [-0.15, -0.1) is 0 Å². The number of nitriles is 4. The highest BCUT2D eigenvalue weighted by Gasteiger charge is 2.50. The van der Waals surface area contributed by atoms with Crippen molar-refractivity contribution in [1.29, 1.82) is 21.0 Å². The molecule has 16 rings (SSSR count). The van der Waals surface area contributed by atoms with E-state index >= 15 is 0 Å². The molecule has 4 saturated heterocycles. The Morgan fingerprint density at radius 3 is 1.15 bits per heavy atom. The number of sulfonamides is 1. The zero-order valence-corrected chi connectivity index (χ0v) is 65.9. The molecule has 4 aromatic heterocycles. The molecule has 19 heteroatoms. The van der Waals surface area contributed by atoms with Gasteiger partial charge in [-0.2, -0.15) is 21.0 Å². The van der Waals surface area contributed by atoms with E-state index in [0.717, 1.165) is 93.0 Å². The standard InChI is InChI=1S/C24H25N3O.C24H24N2O2.C23H25N3O2S.C23H23N3O2/c1-15-11-19-12-23(28)27-24(19)21(16(15)2)10-9-20-8-7-18(14-26-20)22-6-4-3-5-17(22)13-25;1-15-11-19-12-23(27)28-24(19)21(16(15)2)10-9-20-8-7-18(14-26-20)22-6-4-3-5-17(22)13-25;1-15-11-19-14-29(27,28)26-23(19)21(16(15)2)10-9-20-8-7-18(13-25-20)22-6-4-3-5-17(22)12-24;1-14-11-21-22(26-23(27)28-21)19(15(14)2)10-9-18-8-7-17(13-25-18)20-6-4-3-5-16(20)12-24/h3-10,14-16,19,21,24H,11-12H2,1-2H3,(H,27,28);3-10,14-16,19,21,24H,11-12H2,1-2H3;3-10,13,15-16,19,21,23,26H,11,14H2,1-2H3;3-10,13-15,19,21-22H,11H2,1-2H3,(H,26,27)/b4*10-9+/t2*15-,16+,19+,21-,24-;15-,16+,19+,21-,23-;14-,15+,19-,21-,22+/m0000/s1. The number of hydrogen-bond donors (Lipinski definition) is 3. The number of amides is 2. The number of carbonyl (C=O) groups is 3. The lowest BCUT2D eigenvalue weighted by Gasteiger charge is -2.40. The van der Waals surface area contributed by atoms with E-state index in [1.165, 1.54) is 0 Å². The minimum atomic E-state index is -3.16. The number of alkyl carbamates (subject to hydrolysis) is 1. The number of ether oxygens (including phenoxy) is 2. The van der Waals surface area contributed by atoms with E-state index in [4.69, 9.17) is 9.47 Å². The third-order valence-electron chi connectivity index (χ3n) is 25.5. The Balaban J connectivity index is 0.000000132. The summed E-state index contributed by atoms with van der Waals surface area (Å²) in [4.78, 5) is 53.6. The van der Waals surface area contributed by atoms with Crippen LogP contribution in [0, 0.1) is 134 Å². The normalized spacial score (nSPS) is 29.6. The Hall–Kier alpha value is -11.5. The van der Waals surface area contributed by atoms with Crippen molar-refractivity contribution in [3.8, 4) is 68.8 Å². The maximum atomic E-state index is 12.1. The highest BCUT2D eigenvalue weighted by atomic mass is 32.2. The van der Waals surface area contributed by atoms with Crippen LogP contribution in [-0.2, 0) is 29.1 Å². The largest absolute Gasteiger partial charge is 0.461 e. The van der Waals surface area contributed by atoms with E-state index in [2.05, 4.69) is 145 Å². The third-order valence-corrected chi connectivity index (χ3v) is 26.9. The van der Waals surface area contributed by atoms with Gasteiger partial charge in [-0.25, -0.2) is 17.9 Å². The molecule has 0 unspecified atom stereocenters. The third kappa shape index (κ3) is 18.4. The molecule has 8 fully saturated rings. The van der Waals surface area contributed by atoms with Crippen LogP contribution < -0.4 is 15.4 Å². The van der Waals surface area contributed by atoms with Gasteiger partial charge in [0.2, 0.25) is 15.9 Å². The molecule has 0 spiro atoms. The first kappa shape index (κ1) is 79.6. The molecule has 8 heterocycles. The van der Waals surface area contributed by atoms with E-state index in [9.17, 15) is 43.8 Å². The molecule has 20 atom stereocenters. The van der Waals surface area contributed by atoms with Gasteiger partial charge in [0.15, 0.2) is 0 Å². The lowest BCUT2D eigenvalue weighted by Crippen LogP contribution is -2.47. The second-order valence-corrected chi connectivity index (χ2v) is 34.1. The zero-order valence-electron chi connectivity index (χ0n) is 65.1. The molecule has 0 bridgehead atoms. The lowest BCUT2D eigenvalue weighted by molar-refractivity contribution is -0.144. The highest BCUT2D eigenvalue weighted by molar-refractivity contribution is 7.89. The van der Waals surface area contributed by atoms with Gasteiger partial charge >= 0.3 is 12.1 Å². The fourth-order valence-corrected chi connectivity index (χ4v) is 20.2. The zero-order chi connectivity index (χ0) is 79.6.